The van der Waals surface area contributed by atoms with Gasteiger partial charge >= 0.3 is 0 Å². The second kappa shape index (κ2) is 6.58. The van der Waals surface area contributed by atoms with Gasteiger partial charge in [-0.2, -0.15) is 0 Å². The van der Waals surface area contributed by atoms with Crippen molar-refractivity contribution in [2.24, 2.45) is 23.2 Å². The van der Waals surface area contributed by atoms with Crippen molar-refractivity contribution >= 4 is 0 Å². The van der Waals surface area contributed by atoms with Crippen LogP contribution in [0.2, 0.25) is 0 Å². The first-order valence-electron chi connectivity index (χ1n) is 8.40. The molecule has 0 aromatic carbocycles. The van der Waals surface area contributed by atoms with E-state index in [2.05, 4.69) is 38.0 Å². The summed E-state index contributed by atoms with van der Waals surface area (Å²) in [4.78, 5) is 2.77. The van der Waals surface area contributed by atoms with Gasteiger partial charge in [-0.25, -0.2) is 0 Å². The van der Waals surface area contributed by atoms with E-state index in [4.69, 9.17) is 0 Å². The summed E-state index contributed by atoms with van der Waals surface area (Å²) in [5.41, 5.74) is 0.554. The van der Waals surface area contributed by atoms with Crippen LogP contribution in [0.3, 0.4) is 0 Å². The van der Waals surface area contributed by atoms with Gasteiger partial charge in [0, 0.05) is 26.2 Å². The van der Waals surface area contributed by atoms with Crippen molar-refractivity contribution in [3.05, 3.63) is 0 Å². The predicted molar refractivity (Wildman–Crippen MR) is 83.4 cm³/mol. The molecule has 1 saturated heterocycles. The Morgan fingerprint density at radius 2 is 1.58 bits per heavy atom. The summed E-state index contributed by atoms with van der Waals surface area (Å²) in [5, 5.41) is 3.48. The number of likely N-dealkylation sites (tertiary alicyclic amines) is 1. The molecule has 2 fully saturated rings. The van der Waals surface area contributed by atoms with E-state index in [1.807, 2.05) is 0 Å². The van der Waals surface area contributed by atoms with Crippen LogP contribution in [-0.2, 0) is 0 Å². The Hall–Kier alpha value is -0.0800. The van der Waals surface area contributed by atoms with Crippen LogP contribution in [0.4, 0.5) is 0 Å². The molecular weight excluding hydrogens is 232 g/mol. The quantitative estimate of drug-likeness (QED) is 0.839. The zero-order chi connectivity index (χ0) is 13.9. The predicted octanol–water partition coefficient (Wildman–Crippen LogP) is 3.38. The highest BCUT2D eigenvalue weighted by Gasteiger charge is 2.36. The molecule has 2 atom stereocenters. The lowest BCUT2D eigenvalue weighted by Gasteiger charge is -2.45. The van der Waals surface area contributed by atoms with Crippen LogP contribution in [-0.4, -0.2) is 38.1 Å². The number of rotatable bonds is 4. The van der Waals surface area contributed by atoms with Crippen LogP contribution in [0.1, 0.15) is 52.9 Å². The molecule has 0 bridgehead atoms. The minimum Gasteiger partial charge on any atom is -0.319 e. The normalized spacial score (nSPS) is 41.4. The summed E-state index contributed by atoms with van der Waals surface area (Å²) in [6.45, 7) is 12.5. The third-order valence-corrected chi connectivity index (χ3v) is 5.39. The zero-order valence-corrected chi connectivity index (χ0v) is 13.5. The van der Waals surface area contributed by atoms with E-state index >= 15 is 0 Å². The van der Waals surface area contributed by atoms with Crippen molar-refractivity contribution < 1.29 is 0 Å². The van der Waals surface area contributed by atoms with Gasteiger partial charge in [-0.3, -0.25) is 0 Å². The number of piperidine rings is 1. The van der Waals surface area contributed by atoms with Gasteiger partial charge in [0.15, 0.2) is 0 Å². The van der Waals surface area contributed by atoms with Crippen LogP contribution in [0.25, 0.3) is 0 Å². The molecule has 1 saturated carbocycles. The number of nitrogens with zero attached hydrogens (tertiary/aromatic N) is 1. The molecule has 1 heterocycles. The second-order valence-electron chi connectivity index (χ2n) is 7.85. The lowest BCUT2D eigenvalue weighted by Crippen LogP contribution is -2.49. The van der Waals surface area contributed by atoms with Gasteiger partial charge < -0.3 is 10.2 Å². The van der Waals surface area contributed by atoms with Gasteiger partial charge in [-0.1, -0.05) is 33.6 Å². The fourth-order valence-electron chi connectivity index (χ4n) is 4.54. The minimum atomic E-state index is 0.554. The smallest absolute Gasteiger partial charge is 0.00504 e. The van der Waals surface area contributed by atoms with Crippen molar-refractivity contribution in [3.63, 3.8) is 0 Å². The van der Waals surface area contributed by atoms with E-state index < -0.39 is 0 Å². The van der Waals surface area contributed by atoms with Crippen LogP contribution in [0.5, 0.6) is 0 Å². The third-order valence-electron chi connectivity index (χ3n) is 5.39. The summed E-state index contributed by atoms with van der Waals surface area (Å²) >= 11 is 0. The lowest BCUT2D eigenvalue weighted by atomic mass is 9.70. The van der Waals surface area contributed by atoms with Crippen LogP contribution >= 0.6 is 0 Å². The first-order chi connectivity index (χ1) is 9.03. The van der Waals surface area contributed by atoms with Crippen LogP contribution in [0, 0.1) is 23.2 Å². The van der Waals surface area contributed by atoms with Gasteiger partial charge in [0.25, 0.3) is 0 Å². The Morgan fingerprint density at radius 3 is 2.11 bits per heavy atom. The highest BCUT2D eigenvalue weighted by Crippen LogP contribution is 2.40. The van der Waals surface area contributed by atoms with Crippen molar-refractivity contribution in [2.45, 2.75) is 52.9 Å². The Bertz CT molecular complexity index is 258. The molecule has 19 heavy (non-hydrogen) atoms. The molecule has 2 aliphatic rings. The summed E-state index contributed by atoms with van der Waals surface area (Å²) in [5.74, 6) is 2.72. The summed E-state index contributed by atoms with van der Waals surface area (Å²) in [6, 6.07) is 0. The van der Waals surface area contributed by atoms with E-state index in [9.17, 15) is 0 Å². The first-order valence-corrected chi connectivity index (χ1v) is 8.40. The molecule has 2 rings (SSSR count). The van der Waals surface area contributed by atoms with Crippen molar-refractivity contribution in [1.82, 2.24) is 10.2 Å². The second-order valence-corrected chi connectivity index (χ2v) is 7.85. The highest BCUT2D eigenvalue weighted by molar-refractivity contribution is 4.90. The lowest BCUT2D eigenvalue weighted by molar-refractivity contribution is 0.0506. The molecule has 0 radical (unpaired) electrons. The van der Waals surface area contributed by atoms with Gasteiger partial charge in [-0.15, -0.1) is 0 Å². The van der Waals surface area contributed by atoms with Gasteiger partial charge in [0.2, 0.25) is 0 Å². The summed E-state index contributed by atoms with van der Waals surface area (Å²) in [7, 11) is 2.13. The fraction of sp³-hybridized carbons (Fsp3) is 1.00. The maximum Gasteiger partial charge on any atom is 0.00504 e. The highest BCUT2D eigenvalue weighted by atomic mass is 15.1. The SMILES string of the molecule is CNCC1(CN2CC(C)CC(C)C2)CCC(C)CC1. The molecule has 0 aromatic heterocycles. The summed E-state index contributed by atoms with van der Waals surface area (Å²) < 4.78 is 0. The Kier molecular flexibility index (Phi) is 5.30. The van der Waals surface area contributed by atoms with Crippen LogP contribution in [0.15, 0.2) is 0 Å². The van der Waals surface area contributed by atoms with E-state index in [0.29, 0.717) is 5.41 Å². The molecule has 2 nitrogen and oxygen atoms in total. The molecule has 1 aliphatic carbocycles. The molecule has 112 valence electrons. The first kappa shape index (κ1) is 15.3. The average Bonchev–Trinajstić information content (AvgIpc) is 2.32. The Labute approximate surface area is 120 Å². The number of hydrogen-bond donors (Lipinski definition) is 1. The summed E-state index contributed by atoms with van der Waals surface area (Å²) in [6.07, 6.45) is 7.14. The molecule has 0 aromatic rings. The number of hydrogen-bond acceptors (Lipinski definition) is 2. The molecule has 0 spiro atoms. The molecule has 1 aliphatic heterocycles. The van der Waals surface area contributed by atoms with E-state index in [-0.39, 0.29) is 0 Å². The van der Waals surface area contributed by atoms with Gasteiger partial charge in [0.05, 0.1) is 0 Å². The molecular formula is C17H34N2. The largest absolute Gasteiger partial charge is 0.319 e. The van der Waals surface area contributed by atoms with Gasteiger partial charge in [-0.05, 0) is 49.5 Å². The Morgan fingerprint density at radius 1 is 1.00 bits per heavy atom. The fourth-order valence-corrected chi connectivity index (χ4v) is 4.54. The van der Waals surface area contributed by atoms with Gasteiger partial charge in [0.1, 0.15) is 0 Å². The molecule has 2 unspecified atom stereocenters. The van der Waals surface area contributed by atoms with Crippen molar-refractivity contribution in [1.29, 1.82) is 0 Å². The van der Waals surface area contributed by atoms with Crippen molar-refractivity contribution in [2.75, 3.05) is 33.2 Å². The maximum absolute atomic E-state index is 3.48. The molecule has 0 amide bonds. The topological polar surface area (TPSA) is 15.3 Å². The zero-order valence-electron chi connectivity index (χ0n) is 13.5. The van der Waals surface area contributed by atoms with E-state index in [0.717, 1.165) is 17.8 Å². The average molecular weight is 266 g/mol. The molecule has 1 N–H and O–H groups in total. The molecule has 2 heteroatoms. The minimum absolute atomic E-state index is 0.554. The van der Waals surface area contributed by atoms with Crippen molar-refractivity contribution in [3.8, 4) is 0 Å². The Balaban J connectivity index is 1.96. The third kappa shape index (κ3) is 4.19. The standard InChI is InChI=1S/C17H34N2/c1-14-5-7-17(8-6-14,12-18-4)13-19-10-15(2)9-16(3)11-19/h14-16,18H,5-13H2,1-4H3. The van der Waals surface area contributed by atoms with E-state index in [1.54, 1.807) is 0 Å². The number of nitrogens with one attached hydrogen (secondary N) is 1. The van der Waals surface area contributed by atoms with E-state index in [1.165, 1.54) is 58.3 Å². The monoisotopic (exact) mass is 266 g/mol. The van der Waals surface area contributed by atoms with Crippen LogP contribution < -0.4 is 5.32 Å². The maximum atomic E-state index is 3.48.